The molecule has 3 atom stereocenters. The van der Waals surface area contributed by atoms with Crippen molar-refractivity contribution < 1.29 is 26.7 Å². The lowest BCUT2D eigenvalue weighted by Gasteiger charge is -2.33. The van der Waals surface area contributed by atoms with E-state index in [0.29, 0.717) is 17.1 Å². The highest BCUT2D eigenvalue weighted by atomic mass is 32.2. The van der Waals surface area contributed by atoms with E-state index < -0.39 is 28.5 Å². The zero-order valence-corrected chi connectivity index (χ0v) is 16.1. The molecule has 0 radical (unpaired) electrons. The minimum Gasteiger partial charge on any atom is -0.392 e. The smallest absolute Gasteiger partial charge is 0.392 e. The SMILES string of the molecule is O=S1(=O)N[C@@]2(CN1CC(F)(F)F)[C@@H]1CC[C@H]2Cc2ccc(/C=C/CO)cc2C1. The first-order chi connectivity index (χ1) is 13.1. The number of rotatable bonds is 3. The Morgan fingerprint density at radius 2 is 1.89 bits per heavy atom. The number of alkyl halides is 3. The van der Waals surface area contributed by atoms with Gasteiger partial charge in [-0.1, -0.05) is 30.4 Å². The molecule has 1 heterocycles. The van der Waals surface area contributed by atoms with Crippen molar-refractivity contribution in [1.82, 2.24) is 9.03 Å². The van der Waals surface area contributed by atoms with Crippen LogP contribution in [0.2, 0.25) is 0 Å². The normalized spacial score (nSPS) is 32.1. The van der Waals surface area contributed by atoms with Gasteiger partial charge < -0.3 is 5.11 Å². The van der Waals surface area contributed by atoms with Gasteiger partial charge in [-0.05, 0) is 54.2 Å². The van der Waals surface area contributed by atoms with Gasteiger partial charge in [-0.25, -0.2) is 0 Å². The highest BCUT2D eigenvalue weighted by Gasteiger charge is 2.60. The molecule has 1 saturated heterocycles. The first-order valence-corrected chi connectivity index (χ1v) is 10.8. The van der Waals surface area contributed by atoms with Crippen molar-refractivity contribution >= 4 is 16.3 Å². The van der Waals surface area contributed by atoms with Crippen LogP contribution in [0.3, 0.4) is 0 Å². The largest absolute Gasteiger partial charge is 0.402 e. The van der Waals surface area contributed by atoms with Crippen molar-refractivity contribution in [3.05, 3.63) is 41.0 Å². The molecule has 9 heteroatoms. The number of nitrogens with one attached hydrogen (secondary N) is 1. The van der Waals surface area contributed by atoms with Crippen LogP contribution in [-0.4, -0.2) is 49.2 Å². The number of halogens is 3. The predicted molar refractivity (Wildman–Crippen MR) is 98.6 cm³/mol. The fourth-order valence-corrected chi connectivity index (χ4v) is 6.86. The summed E-state index contributed by atoms with van der Waals surface area (Å²) >= 11 is 0. The molecule has 5 nitrogen and oxygen atoms in total. The number of benzene rings is 1. The Hall–Kier alpha value is -1.42. The van der Waals surface area contributed by atoms with Crippen LogP contribution in [0.15, 0.2) is 24.3 Å². The van der Waals surface area contributed by atoms with Crippen LogP contribution in [-0.2, 0) is 23.1 Å². The third-order valence-corrected chi connectivity index (χ3v) is 7.93. The number of fused-ring (bicyclic) bond motifs is 1. The molecule has 0 unspecified atom stereocenters. The maximum absolute atomic E-state index is 12.9. The van der Waals surface area contributed by atoms with E-state index in [-0.39, 0.29) is 25.0 Å². The summed E-state index contributed by atoms with van der Waals surface area (Å²) in [7, 11) is -4.15. The maximum Gasteiger partial charge on any atom is 0.402 e. The monoisotopic (exact) mass is 416 g/mol. The van der Waals surface area contributed by atoms with Crippen LogP contribution >= 0.6 is 0 Å². The molecule has 1 aromatic rings. The summed E-state index contributed by atoms with van der Waals surface area (Å²) in [5, 5.41) is 8.95. The summed E-state index contributed by atoms with van der Waals surface area (Å²) in [5.74, 6) is -0.0607. The number of hydrogen-bond acceptors (Lipinski definition) is 3. The first-order valence-electron chi connectivity index (χ1n) is 9.38. The lowest BCUT2D eigenvalue weighted by Crippen LogP contribution is -2.52. The van der Waals surface area contributed by atoms with E-state index >= 15 is 0 Å². The van der Waals surface area contributed by atoms with E-state index in [9.17, 15) is 21.6 Å². The quantitative estimate of drug-likeness (QED) is 0.794. The molecule has 154 valence electrons. The zero-order chi connectivity index (χ0) is 20.2. The molecular formula is C19H23F3N2O3S. The van der Waals surface area contributed by atoms with E-state index in [4.69, 9.17) is 5.11 Å². The molecule has 3 aliphatic rings. The van der Waals surface area contributed by atoms with Crippen molar-refractivity contribution in [3.8, 4) is 0 Å². The molecule has 4 rings (SSSR count). The molecule has 28 heavy (non-hydrogen) atoms. The molecule has 2 bridgehead atoms. The summed E-state index contributed by atoms with van der Waals surface area (Å²) in [6.07, 6.45) is 1.78. The van der Waals surface area contributed by atoms with Crippen molar-refractivity contribution in [2.24, 2.45) is 11.8 Å². The average molecular weight is 416 g/mol. The predicted octanol–water partition coefficient (Wildman–Crippen LogP) is 2.27. The van der Waals surface area contributed by atoms with E-state index in [1.54, 1.807) is 6.08 Å². The zero-order valence-electron chi connectivity index (χ0n) is 15.2. The van der Waals surface area contributed by atoms with Crippen LogP contribution in [0, 0.1) is 11.8 Å². The van der Waals surface area contributed by atoms with Gasteiger partial charge in [0.15, 0.2) is 0 Å². The van der Waals surface area contributed by atoms with Crippen molar-refractivity contribution in [2.75, 3.05) is 19.7 Å². The Bertz CT molecular complexity index is 900. The highest BCUT2D eigenvalue weighted by molar-refractivity contribution is 7.87. The van der Waals surface area contributed by atoms with Crippen LogP contribution in [0.4, 0.5) is 13.2 Å². The van der Waals surface area contributed by atoms with Crippen LogP contribution in [0.5, 0.6) is 0 Å². The lowest BCUT2D eigenvalue weighted by molar-refractivity contribution is -0.136. The maximum atomic E-state index is 12.9. The van der Waals surface area contributed by atoms with Gasteiger partial charge in [0.05, 0.1) is 12.1 Å². The van der Waals surface area contributed by atoms with Crippen molar-refractivity contribution in [3.63, 3.8) is 0 Å². The van der Waals surface area contributed by atoms with Gasteiger partial charge in [0.2, 0.25) is 0 Å². The van der Waals surface area contributed by atoms with Gasteiger partial charge in [-0.3, -0.25) is 0 Å². The number of aliphatic hydroxyl groups is 1. The fraction of sp³-hybridized carbons (Fsp3) is 0.579. The molecule has 1 saturated carbocycles. The summed E-state index contributed by atoms with van der Waals surface area (Å²) in [6.45, 7) is -1.64. The molecule has 2 N–H and O–H groups in total. The second-order valence-electron chi connectivity index (χ2n) is 8.02. The molecule has 1 aromatic carbocycles. The van der Waals surface area contributed by atoms with E-state index in [2.05, 4.69) is 4.72 Å². The summed E-state index contributed by atoms with van der Waals surface area (Å²) in [4.78, 5) is 0. The average Bonchev–Trinajstić information content (AvgIpc) is 2.97. The molecule has 1 spiro atoms. The Kier molecular flexibility index (Phi) is 4.85. The fourth-order valence-electron chi connectivity index (χ4n) is 5.16. The molecule has 1 aliphatic heterocycles. The van der Waals surface area contributed by atoms with Crippen LogP contribution in [0.25, 0.3) is 6.08 Å². The highest BCUT2D eigenvalue weighted by Crippen LogP contribution is 2.50. The Balaban J connectivity index is 1.66. The number of hydrogen-bond donors (Lipinski definition) is 2. The second kappa shape index (κ2) is 6.83. The summed E-state index contributed by atoms with van der Waals surface area (Å²) in [6, 6.07) is 6.00. The first kappa shape index (κ1) is 19.9. The third kappa shape index (κ3) is 3.49. The molecule has 0 aromatic heterocycles. The molecule has 2 aliphatic carbocycles. The van der Waals surface area contributed by atoms with Gasteiger partial charge in [0.1, 0.15) is 6.54 Å². The van der Waals surface area contributed by atoms with Gasteiger partial charge >= 0.3 is 6.18 Å². The van der Waals surface area contributed by atoms with Gasteiger partial charge in [0, 0.05) is 6.54 Å². The van der Waals surface area contributed by atoms with Crippen LogP contribution < -0.4 is 4.72 Å². The minimum absolute atomic E-state index is 0.0226. The minimum atomic E-state index is -4.57. The summed E-state index contributed by atoms with van der Waals surface area (Å²) in [5.41, 5.74) is 2.34. The molecular weight excluding hydrogens is 393 g/mol. The van der Waals surface area contributed by atoms with Crippen molar-refractivity contribution in [1.29, 1.82) is 0 Å². The Labute approximate surface area is 162 Å². The summed E-state index contributed by atoms with van der Waals surface area (Å²) < 4.78 is 66.9. The second-order valence-corrected chi connectivity index (χ2v) is 9.69. The topological polar surface area (TPSA) is 69.6 Å². The van der Waals surface area contributed by atoms with Crippen molar-refractivity contribution in [2.45, 2.75) is 37.4 Å². The number of nitrogens with zero attached hydrogens (tertiary/aromatic N) is 1. The Morgan fingerprint density at radius 3 is 2.54 bits per heavy atom. The van der Waals surface area contributed by atoms with Gasteiger partial charge in [0.25, 0.3) is 10.2 Å². The molecule has 0 amide bonds. The van der Waals surface area contributed by atoms with E-state index in [0.717, 1.165) is 29.5 Å². The Morgan fingerprint density at radius 1 is 1.21 bits per heavy atom. The van der Waals surface area contributed by atoms with Gasteiger partial charge in [-0.15, -0.1) is 0 Å². The standard InChI is InChI=1S/C19H23F3N2O3S/c20-19(21,22)12-24-11-18(23-28(24,26)27)16-5-6-17(18)10-15-8-13(2-1-7-25)3-4-14(15)9-16/h1-4,8,16-17,23,25H,5-7,9-12H2/b2-1+/t16-,17+,18+/m0/s1. The third-order valence-electron chi connectivity index (χ3n) is 6.35. The molecule has 2 fully saturated rings. The van der Waals surface area contributed by atoms with Crippen LogP contribution in [0.1, 0.15) is 29.5 Å². The van der Waals surface area contributed by atoms with E-state index in [1.165, 1.54) is 0 Å². The number of aliphatic hydroxyl groups excluding tert-OH is 1. The van der Waals surface area contributed by atoms with Gasteiger partial charge in [-0.2, -0.15) is 30.6 Å². The van der Waals surface area contributed by atoms with E-state index in [1.807, 2.05) is 24.3 Å². The lowest BCUT2D eigenvalue weighted by atomic mass is 9.79.